The molecule has 16 heavy (non-hydrogen) atoms. The SMILES string of the molecule is O=Cc1ccc(-c2cc(Br)c(Br)cc2F)o1. The third kappa shape index (κ3) is 2.10. The van der Waals surface area contributed by atoms with Gasteiger partial charge < -0.3 is 4.42 Å². The van der Waals surface area contributed by atoms with Crippen molar-refractivity contribution in [1.82, 2.24) is 0 Å². The molecule has 1 aromatic carbocycles. The molecular weight excluding hydrogens is 343 g/mol. The number of rotatable bonds is 2. The molecule has 1 heterocycles. The summed E-state index contributed by atoms with van der Waals surface area (Å²) < 4.78 is 20.1. The topological polar surface area (TPSA) is 30.2 Å². The summed E-state index contributed by atoms with van der Waals surface area (Å²) in [6.07, 6.45) is 0.579. The largest absolute Gasteiger partial charge is 0.453 e. The van der Waals surface area contributed by atoms with Gasteiger partial charge in [-0.1, -0.05) is 0 Å². The van der Waals surface area contributed by atoms with Crippen LogP contribution in [0.5, 0.6) is 0 Å². The Labute approximate surface area is 108 Å². The fraction of sp³-hybridized carbons (Fsp3) is 0. The van der Waals surface area contributed by atoms with Crippen molar-refractivity contribution < 1.29 is 13.6 Å². The maximum atomic E-state index is 13.6. The number of benzene rings is 1. The van der Waals surface area contributed by atoms with Crippen molar-refractivity contribution in [1.29, 1.82) is 0 Å². The van der Waals surface area contributed by atoms with Gasteiger partial charge in [-0.25, -0.2) is 4.39 Å². The molecule has 0 saturated carbocycles. The Hall–Kier alpha value is -0.940. The molecule has 2 aromatic rings. The Balaban J connectivity index is 2.55. The van der Waals surface area contributed by atoms with Crippen LogP contribution in [0, 0.1) is 5.82 Å². The summed E-state index contributed by atoms with van der Waals surface area (Å²) in [6.45, 7) is 0. The second-order valence-electron chi connectivity index (χ2n) is 3.07. The van der Waals surface area contributed by atoms with Gasteiger partial charge in [-0.3, -0.25) is 4.79 Å². The summed E-state index contributed by atoms with van der Waals surface area (Å²) in [4.78, 5) is 10.5. The van der Waals surface area contributed by atoms with Gasteiger partial charge in [0.1, 0.15) is 11.6 Å². The van der Waals surface area contributed by atoms with Gasteiger partial charge in [0.2, 0.25) is 0 Å². The molecule has 82 valence electrons. The van der Waals surface area contributed by atoms with Crippen molar-refractivity contribution in [2.45, 2.75) is 0 Å². The lowest BCUT2D eigenvalue weighted by molar-refractivity contribution is 0.110. The van der Waals surface area contributed by atoms with E-state index >= 15 is 0 Å². The highest BCUT2D eigenvalue weighted by atomic mass is 79.9. The highest BCUT2D eigenvalue weighted by Gasteiger charge is 2.12. The first-order chi connectivity index (χ1) is 7.61. The zero-order valence-electron chi connectivity index (χ0n) is 7.84. The molecule has 2 rings (SSSR count). The van der Waals surface area contributed by atoms with Crippen LogP contribution >= 0.6 is 31.9 Å². The van der Waals surface area contributed by atoms with Gasteiger partial charge in [0.15, 0.2) is 12.0 Å². The third-order valence-electron chi connectivity index (χ3n) is 2.02. The summed E-state index contributed by atoms with van der Waals surface area (Å²) in [5.74, 6) is 0.0862. The Bertz CT molecular complexity index is 549. The summed E-state index contributed by atoms with van der Waals surface area (Å²) >= 11 is 6.47. The minimum Gasteiger partial charge on any atom is -0.453 e. The smallest absolute Gasteiger partial charge is 0.185 e. The van der Waals surface area contributed by atoms with Crippen molar-refractivity contribution in [2.75, 3.05) is 0 Å². The Morgan fingerprint density at radius 3 is 2.50 bits per heavy atom. The molecule has 0 saturated heterocycles. The molecule has 1 aromatic heterocycles. The van der Waals surface area contributed by atoms with Crippen LogP contribution in [-0.2, 0) is 0 Å². The van der Waals surface area contributed by atoms with Crippen LogP contribution in [0.15, 0.2) is 37.6 Å². The van der Waals surface area contributed by atoms with Gasteiger partial charge >= 0.3 is 0 Å². The Morgan fingerprint density at radius 1 is 1.19 bits per heavy atom. The molecule has 0 radical (unpaired) electrons. The van der Waals surface area contributed by atoms with E-state index in [9.17, 15) is 9.18 Å². The molecule has 0 spiro atoms. The van der Waals surface area contributed by atoms with Crippen molar-refractivity contribution in [3.05, 3.63) is 44.8 Å². The minimum atomic E-state index is -0.415. The maximum absolute atomic E-state index is 13.6. The van der Waals surface area contributed by atoms with E-state index in [2.05, 4.69) is 31.9 Å². The summed E-state index contributed by atoms with van der Waals surface area (Å²) in [6, 6.07) is 5.98. The number of halogens is 3. The number of hydrogen-bond donors (Lipinski definition) is 0. The highest BCUT2D eigenvalue weighted by molar-refractivity contribution is 9.13. The van der Waals surface area contributed by atoms with Crippen LogP contribution in [0.3, 0.4) is 0 Å². The first-order valence-corrected chi connectivity index (χ1v) is 5.90. The van der Waals surface area contributed by atoms with Gasteiger partial charge in [0.05, 0.1) is 5.56 Å². The van der Waals surface area contributed by atoms with Crippen molar-refractivity contribution in [3.8, 4) is 11.3 Å². The van der Waals surface area contributed by atoms with Crippen molar-refractivity contribution in [3.63, 3.8) is 0 Å². The molecule has 0 fully saturated rings. The average Bonchev–Trinajstić information content (AvgIpc) is 2.71. The zero-order valence-corrected chi connectivity index (χ0v) is 11.0. The monoisotopic (exact) mass is 346 g/mol. The first-order valence-electron chi connectivity index (χ1n) is 4.31. The molecule has 0 N–H and O–H groups in total. The quantitative estimate of drug-likeness (QED) is 0.594. The second-order valence-corrected chi connectivity index (χ2v) is 4.77. The lowest BCUT2D eigenvalue weighted by Gasteiger charge is -2.02. The second kappa shape index (κ2) is 4.51. The van der Waals surface area contributed by atoms with E-state index in [1.165, 1.54) is 12.1 Å². The average molecular weight is 348 g/mol. The Kier molecular flexibility index (Phi) is 3.25. The van der Waals surface area contributed by atoms with Gasteiger partial charge in [-0.2, -0.15) is 0 Å². The number of aldehydes is 1. The van der Waals surface area contributed by atoms with Gasteiger partial charge in [-0.05, 0) is 56.1 Å². The lowest BCUT2D eigenvalue weighted by Crippen LogP contribution is -1.84. The van der Waals surface area contributed by atoms with Crippen molar-refractivity contribution >= 4 is 38.1 Å². The van der Waals surface area contributed by atoms with Crippen molar-refractivity contribution in [2.24, 2.45) is 0 Å². The van der Waals surface area contributed by atoms with Gasteiger partial charge in [0.25, 0.3) is 0 Å². The number of furan rings is 1. The van der Waals surface area contributed by atoms with Gasteiger partial charge in [0, 0.05) is 8.95 Å². The molecular formula is C11H5Br2FO2. The van der Waals surface area contributed by atoms with Crippen LogP contribution in [-0.4, -0.2) is 6.29 Å². The van der Waals surface area contributed by atoms with Crippen LogP contribution in [0.1, 0.15) is 10.6 Å². The number of carbonyl (C=O) groups is 1. The van der Waals surface area contributed by atoms with Crippen LogP contribution in [0.25, 0.3) is 11.3 Å². The first kappa shape index (κ1) is 11.5. The lowest BCUT2D eigenvalue weighted by atomic mass is 10.1. The Morgan fingerprint density at radius 2 is 1.88 bits per heavy atom. The molecule has 0 aliphatic heterocycles. The summed E-state index contributed by atoms with van der Waals surface area (Å²) in [5, 5.41) is 0. The normalized spacial score (nSPS) is 10.4. The molecule has 2 nitrogen and oxygen atoms in total. The zero-order chi connectivity index (χ0) is 11.7. The fourth-order valence-electron chi connectivity index (χ4n) is 1.27. The standard InChI is InChI=1S/C11H5Br2FO2/c12-8-3-7(10(14)4-9(8)13)11-2-1-6(5-15)16-11/h1-5H. The predicted octanol–water partition coefficient (Wildman–Crippen LogP) is 4.42. The van der Waals surface area contributed by atoms with E-state index in [-0.39, 0.29) is 5.76 Å². The fourth-order valence-corrected chi connectivity index (χ4v) is 1.93. The van der Waals surface area contributed by atoms with Crippen LogP contribution in [0.4, 0.5) is 4.39 Å². The molecule has 0 bridgehead atoms. The van der Waals surface area contributed by atoms with E-state index < -0.39 is 5.82 Å². The summed E-state index contributed by atoms with van der Waals surface area (Å²) in [5.41, 5.74) is 0.308. The third-order valence-corrected chi connectivity index (χ3v) is 3.86. The minimum absolute atomic E-state index is 0.174. The molecule has 0 atom stereocenters. The molecule has 0 unspecified atom stereocenters. The van der Waals surface area contributed by atoms with E-state index in [0.717, 1.165) is 0 Å². The number of carbonyl (C=O) groups excluding carboxylic acids is 1. The number of hydrogen-bond acceptors (Lipinski definition) is 2. The highest BCUT2D eigenvalue weighted by Crippen LogP contribution is 2.32. The molecule has 5 heteroatoms. The van der Waals surface area contributed by atoms with Crippen LogP contribution < -0.4 is 0 Å². The molecule has 0 aliphatic rings. The van der Waals surface area contributed by atoms with E-state index in [1.54, 1.807) is 12.1 Å². The predicted molar refractivity (Wildman–Crippen MR) is 64.9 cm³/mol. The van der Waals surface area contributed by atoms with E-state index in [4.69, 9.17) is 4.42 Å². The maximum Gasteiger partial charge on any atom is 0.185 e. The van der Waals surface area contributed by atoms with Crippen LogP contribution in [0.2, 0.25) is 0 Å². The molecule has 0 aliphatic carbocycles. The van der Waals surface area contributed by atoms with E-state index in [1.807, 2.05) is 0 Å². The van der Waals surface area contributed by atoms with Gasteiger partial charge in [-0.15, -0.1) is 0 Å². The molecule has 0 amide bonds. The van der Waals surface area contributed by atoms with E-state index in [0.29, 0.717) is 26.6 Å². The summed E-state index contributed by atoms with van der Waals surface area (Å²) in [7, 11) is 0.